The fraction of sp³-hybridized carbons (Fsp3) is 0.292. The van der Waals surface area contributed by atoms with Gasteiger partial charge in [0.1, 0.15) is 0 Å². The summed E-state index contributed by atoms with van der Waals surface area (Å²) in [6.45, 7) is 3.14. The van der Waals surface area contributed by atoms with Gasteiger partial charge in [0.2, 0.25) is 5.96 Å². The Morgan fingerprint density at radius 3 is 2.78 bits per heavy atom. The zero-order valence-corrected chi connectivity index (χ0v) is 15.8. The highest BCUT2D eigenvalue weighted by Gasteiger charge is 2.34. The Hall–Kier alpha value is -2.81. The smallest absolute Gasteiger partial charge is 0.201 e. The molecular formula is C24H25N3. The summed E-state index contributed by atoms with van der Waals surface area (Å²) in [6.07, 6.45) is 4.73. The number of fused-ring (bicyclic) bond motifs is 1. The molecule has 3 nitrogen and oxygen atoms in total. The van der Waals surface area contributed by atoms with E-state index < -0.39 is 0 Å². The van der Waals surface area contributed by atoms with Gasteiger partial charge in [-0.25, -0.2) is 4.99 Å². The monoisotopic (exact) mass is 355 g/mol. The normalized spacial score (nSPS) is 18.8. The lowest BCUT2D eigenvalue weighted by Crippen LogP contribution is -2.36. The van der Waals surface area contributed by atoms with Crippen molar-refractivity contribution < 1.29 is 0 Å². The first-order chi connectivity index (χ1) is 13.3. The molecule has 136 valence electrons. The second kappa shape index (κ2) is 6.41. The lowest BCUT2D eigenvalue weighted by molar-refractivity contribution is 0.584. The van der Waals surface area contributed by atoms with Crippen molar-refractivity contribution in [3.8, 4) is 0 Å². The van der Waals surface area contributed by atoms with Crippen LogP contribution in [0.5, 0.6) is 0 Å². The Balaban J connectivity index is 1.58. The number of hydrogen-bond acceptors (Lipinski definition) is 1. The molecule has 1 heterocycles. The van der Waals surface area contributed by atoms with Crippen molar-refractivity contribution in [3.05, 3.63) is 71.3 Å². The molecule has 0 aromatic heterocycles. The summed E-state index contributed by atoms with van der Waals surface area (Å²) >= 11 is 0. The summed E-state index contributed by atoms with van der Waals surface area (Å²) < 4.78 is 0. The van der Waals surface area contributed by atoms with Crippen LogP contribution in [-0.2, 0) is 12.8 Å². The van der Waals surface area contributed by atoms with Gasteiger partial charge in [0.25, 0.3) is 0 Å². The third-order valence-corrected chi connectivity index (χ3v) is 6.16. The summed E-state index contributed by atoms with van der Waals surface area (Å²) in [5, 5.41) is 2.45. The van der Waals surface area contributed by atoms with Crippen LogP contribution in [-0.4, -0.2) is 12.5 Å². The largest absolute Gasteiger partial charge is 0.369 e. The number of aryl methyl sites for hydroxylation is 2. The standard InChI is InChI=1S/C24H25N3/c1-2-16-13-14-21(20-11-4-3-10-19(16)20)26-24(25)27-15-18-9-5-7-17-8-6-12-22(27)23(17)18/h3-4,6,8,10-14,18H,2,5,7,9,15H2,1H3,(H2,25,26). The van der Waals surface area contributed by atoms with E-state index in [9.17, 15) is 0 Å². The molecule has 0 radical (unpaired) electrons. The highest BCUT2D eigenvalue weighted by Crippen LogP contribution is 2.44. The number of nitrogens with two attached hydrogens (primary N) is 1. The first-order valence-electron chi connectivity index (χ1n) is 10.0. The quantitative estimate of drug-likeness (QED) is 0.501. The van der Waals surface area contributed by atoms with Gasteiger partial charge in [-0.15, -0.1) is 0 Å². The van der Waals surface area contributed by atoms with Crippen LogP contribution < -0.4 is 10.6 Å². The Bertz CT molecular complexity index is 1050. The van der Waals surface area contributed by atoms with Gasteiger partial charge in [0.05, 0.1) is 5.69 Å². The molecule has 0 saturated heterocycles. The van der Waals surface area contributed by atoms with Gasteiger partial charge in [0, 0.05) is 23.5 Å². The third kappa shape index (κ3) is 2.61. The van der Waals surface area contributed by atoms with Crippen LogP contribution in [0.15, 0.2) is 59.6 Å². The molecule has 0 fully saturated rings. The van der Waals surface area contributed by atoms with Crippen LogP contribution in [0, 0.1) is 0 Å². The highest BCUT2D eigenvalue weighted by molar-refractivity contribution is 6.02. The fourth-order valence-electron chi connectivity index (χ4n) is 4.86. The fourth-order valence-corrected chi connectivity index (χ4v) is 4.86. The Kier molecular flexibility index (Phi) is 3.89. The van der Waals surface area contributed by atoms with Crippen molar-refractivity contribution in [2.24, 2.45) is 10.7 Å². The number of nitrogens with zero attached hydrogens (tertiary/aromatic N) is 2. The molecule has 1 aliphatic heterocycles. The predicted molar refractivity (Wildman–Crippen MR) is 114 cm³/mol. The Morgan fingerprint density at radius 1 is 1.07 bits per heavy atom. The van der Waals surface area contributed by atoms with E-state index >= 15 is 0 Å². The van der Waals surface area contributed by atoms with Crippen molar-refractivity contribution in [2.75, 3.05) is 11.4 Å². The van der Waals surface area contributed by atoms with Gasteiger partial charge < -0.3 is 10.6 Å². The molecule has 3 aromatic carbocycles. The lowest BCUT2D eigenvalue weighted by Gasteiger charge is -2.19. The van der Waals surface area contributed by atoms with E-state index in [0.717, 1.165) is 18.7 Å². The van der Waals surface area contributed by atoms with Crippen LogP contribution in [0.4, 0.5) is 11.4 Å². The van der Waals surface area contributed by atoms with Crippen LogP contribution in [0.2, 0.25) is 0 Å². The number of rotatable bonds is 2. The molecule has 1 aliphatic carbocycles. The minimum atomic E-state index is 0.595. The molecule has 1 atom stereocenters. The van der Waals surface area contributed by atoms with E-state index in [4.69, 9.17) is 10.7 Å². The summed E-state index contributed by atoms with van der Waals surface area (Å²) in [5.41, 5.74) is 13.1. The minimum Gasteiger partial charge on any atom is -0.369 e. The maximum atomic E-state index is 6.55. The summed E-state index contributed by atoms with van der Waals surface area (Å²) in [5.74, 6) is 1.20. The SMILES string of the molecule is CCc1ccc(N=C(N)N2CC3CCCc4cccc2c43)c2ccccc12. The summed E-state index contributed by atoms with van der Waals surface area (Å²) in [4.78, 5) is 7.10. The Morgan fingerprint density at radius 2 is 1.93 bits per heavy atom. The van der Waals surface area contributed by atoms with Crippen LogP contribution in [0.1, 0.15) is 42.4 Å². The molecule has 3 heteroatoms. The van der Waals surface area contributed by atoms with Crippen molar-refractivity contribution in [1.29, 1.82) is 0 Å². The Labute approximate surface area is 160 Å². The second-order valence-corrected chi connectivity index (χ2v) is 7.66. The summed E-state index contributed by atoms with van der Waals surface area (Å²) in [6, 6.07) is 19.4. The molecule has 2 aliphatic rings. The van der Waals surface area contributed by atoms with E-state index in [2.05, 4.69) is 66.4 Å². The van der Waals surface area contributed by atoms with Crippen molar-refractivity contribution >= 4 is 28.1 Å². The topological polar surface area (TPSA) is 41.6 Å². The van der Waals surface area contributed by atoms with E-state index in [1.807, 2.05) is 0 Å². The van der Waals surface area contributed by atoms with Gasteiger partial charge in [-0.1, -0.05) is 49.4 Å². The predicted octanol–water partition coefficient (Wildman–Crippen LogP) is 5.29. The molecule has 5 rings (SSSR count). The van der Waals surface area contributed by atoms with Crippen molar-refractivity contribution in [1.82, 2.24) is 0 Å². The van der Waals surface area contributed by atoms with Crippen LogP contribution in [0.25, 0.3) is 10.8 Å². The number of anilines is 1. The van der Waals surface area contributed by atoms with E-state index in [-0.39, 0.29) is 0 Å². The summed E-state index contributed by atoms with van der Waals surface area (Å²) in [7, 11) is 0. The van der Waals surface area contributed by atoms with Gasteiger partial charge in [0.15, 0.2) is 0 Å². The van der Waals surface area contributed by atoms with Gasteiger partial charge in [-0.3, -0.25) is 0 Å². The van der Waals surface area contributed by atoms with E-state index in [1.165, 1.54) is 52.4 Å². The second-order valence-electron chi connectivity index (χ2n) is 7.66. The number of aliphatic imine (C=N–C) groups is 1. The zero-order chi connectivity index (χ0) is 18.4. The van der Waals surface area contributed by atoms with Crippen LogP contribution >= 0.6 is 0 Å². The molecule has 0 bridgehead atoms. The molecule has 2 N–H and O–H groups in total. The third-order valence-electron chi connectivity index (χ3n) is 6.16. The maximum Gasteiger partial charge on any atom is 0.201 e. The molecule has 0 spiro atoms. The van der Waals surface area contributed by atoms with Gasteiger partial charge in [-0.2, -0.15) is 0 Å². The average molecular weight is 355 g/mol. The van der Waals surface area contributed by atoms with Crippen molar-refractivity contribution in [3.63, 3.8) is 0 Å². The van der Waals surface area contributed by atoms with Crippen LogP contribution in [0.3, 0.4) is 0 Å². The zero-order valence-electron chi connectivity index (χ0n) is 15.8. The lowest BCUT2D eigenvalue weighted by atomic mass is 9.84. The number of benzene rings is 3. The highest BCUT2D eigenvalue weighted by atomic mass is 15.3. The first kappa shape index (κ1) is 16.4. The number of hydrogen-bond donors (Lipinski definition) is 1. The molecule has 27 heavy (non-hydrogen) atoms. The van der Waals surface area contributed by atoms with Gasteiger partial charge in [-0.05, 0) is 59.9 Å². The van der Waals surface area contributed by atoms with Crippen molar-refractivity contribution in [2.45, 2.75) is 38.5 Å². The average Bonchev–Trinajstić information content (AvgIpc) is 3.09. The molecular weight excluding hydrogens is 330 g/mol. The molecule has 1 unspecified atom stereocenters. The maximum absolute atomic E-state index is 6.55. The number of guanidine groups is 1. The first-order valence-corrected chi connectivity index (χ1v) is 10.0. The van der Waals surface area contributed by atoms with Gasteiger partial charge >= 0.3 is 0 Å². The van der Waals surface area contributed by atoms with E-state index in [0.29, 0.717) is 11.9 Å². The van der Waals surface area contributed by atoms with E-state index in [1.54, 1.807) is 0 Å². The molecule has 3 aromatic rings. The minimum absolute atomic E-state index is 0.595. The molecule has 0 saturated carbocycles. The molecule has 0 amide bonds.